The SMILES string of the molecule is CC(=O)Nc1cccc(CC(N)CC(C)C)c1. The molecule has 0 radical (unpaired) electrons. The smallest absolute Gasteiger partial charge is 0.221 e. The van der Waals surface area contributed by atoms with Crippen LogP contribution in [0.15, 0.2) is 24.3 Å². The fourth-order valence-corrected chi connectivity index (χ4v) is 1.97. The maximum Gasteiger partial charge on any atom is 0.221 e. The number of hydrogen-bond donors (Lipinski definition) is 2. The van der Waals surface area contributed by atoms with Crippen LogP contribution in [0.25, 0.3) is 0 Å². The van der Waals surface area contributed by atoms with Crippen LogP contribution in [0.2, 0.25) is 0 Å². The monoisotopic (exact) mass is 234 g/mol. The van der Waals surface area contributed by atoms with Crippen molar-refractivity contribution in [1.29, 1.82) is 0 Å². The van der Waals surface area contributed by atoms with Crippen LogP contribution < -0.4 is 11.1 Å². The summed E-state index contributed by atoms with van der Waals surface area (Å²) in [6, 6.07) is 8.05. The summed E-state index contributed by atoms with van der Waals surface area (Å²) < 4.78 is 0. The molecule has 0 bridgehead atoms. The quantitative estimate of drug-likeness (QED) is 0.822. The van der Waals surface area contributed by atoms with Gasteiger partial charge in [-0.3, -0.25) is 4.79 Å². The van der Waals surface area contributed by atoms with Gasteiger partial charge in [0.05, 0.1) is 0 Å². The molecule has 1 amide bonds. The molecule has 3 heteroatoms. The summed E-state index contributed by atoms with van der Waals surface area (Å²) in [5, 5.41) is 2.78. The Kier molecular flexibility index (Phi) is 5.16. The maximum atomic E-state index is 11.0. The van der Waals surface area contributed by atoms with E-state index in [0.717, 1.165) is 18.5 Å². The first kappa shape index (κ1) is 13.7. The van der Waals surface area contributed by atoms with Gasteiger partial charge < -0.3 is 11.1 Å². The summed E-state index contributed by atoms with van der Waals surface area (Å²) in [6.45, 7) is 5.86. The molecule has 0 saturated carbocycles. The molecular formula is C14H22N2O. The van der Waals surface area contributed by atoms with Crippen LogP contribution in [0.4, 0.5) is 5.69 Å². The topological polar surface area (TPSA) is 55.1 Å². The van der Waals surface area contributed by atoms with Crippen molar-refractivity contribution in [1.82, 2.24) is 0 Å². The van der Waals surface area contributed by atoms with Gasteiger partial charge in [-0.25, -0.2) is 0 Å². The number of nitrogens with two attached hydrogens (primary N) is 1. The van der Waals surface area contributed by atoms with E-state index in [1.165, 1.54) is 12.5 Å². The van der Waals surface area contributed by atoms with E-state index in [1.807, 2.05) is 24.3 Å². The molecule has 1 rings (SSSR count). The number of rotatable bonds is 5. The zero-order valence-corrected chi connectivity index (χ0v) is 10.9. The number of carbonyl (C=O) groups excluding carboxylic acids is 1. The standard InChI is InChI=1S/C14H22N2O/c1-10(2)7-13(15)8-12-5-4-6-14(9-12)16-11(3)17/h4-6,9-10,13H,7-8,15H2,1-3H3,(H,16,17). The van der Waals surface area contributed by atoms with Gasteiger partial charge in [0.2, 0.25) is 5.91 Å². The summed E-state index contributed by atoms with van der Waals surface area (Å²) >= 11 is 0. The lowest BCUT2D eigenvalue weighted by atomic mass is 9.98. The molecule has 1 aromatic rings. The van der Waals surface area contributed by atoms with Crippen LogP contribution in [0.5, 0.6) is 0 Å². The fraction of sp³-hybridized carbons (Fsp3) is 0.500. The van der Waals surface area contributed by atoms with E-state index >= 15 is 0 Å². The first-order chi connectivity index (χ1) is 7.97. The van der Waals surface area contributed by atoms with Gasteiger partial charge in [-0.2, -0.15) is 0 Å². The van der Waals surface area contributed by atoms with Crippen molar-refractivity contribution < 1.29 is 4.79 Å². The van der Waals surface area contributed by atoms with Crippen LogP contribution in [-0.2, 0) is 11.2 Å². The Balaban J connectivity index is 2.62. The second-order valence-electron chi connectivity index (χ2n) is 4.98. The average Bonchev–Trinajstić information content (AvgIpc) is 2.14. The minimum Gasteiger partial charge on any atom is -0.327 e. The predicted octanol–water partition coefficient (Wildman–Crippen LogP) is 2.56. The van der Waals surface area contributed by atoms with E-state index in [0.29, 0.717) is 5.92 Å². The van der Waals surface area contributed by atoms with Crippen molar-refractivity contribution in [3.05, 3.63) is 29.8 Å². The molecule has 0 fully saturated rings. The van der Waals surface area contributed by atoms with Crippen molar-refractivity contribution in [2.45, 2.75) is 39.7 Å². The number of benzene rings is 1. The van der Waals surface area contributed by atoms with Crippen molar-refractivity contribution in [3.8, 4) is 0 Å². The molecule has 94 valence electrons. The van der Waals surface area contributed by atoms with E-state index in [4.69, 9.17) is 5.73 Å². The summed E-state index contributed by atoms with van der Waals surface area (Å²) in [5.41, 5.74) is 8.08. The zero-order chi connectivity index (χ0) is 12.8. The van der Waals surface area contributed by atoms with Crippen LogP contribution >= 0.6 is 0 Å². The Labute approximate surface area is 103 Å². The average molecular weight is 234 g/mol. The molecule has 1 unspecified atom stereocenters. The summed E-state index contributed by atoms with van der Waals surface area (Å²) in [6.07, 6.45) is 1.87. The van der Waals surface area contributed by atoms with Crippen LogP contribution in [0, 0.1) is 5.92 Å². The third-order valence-electron chi connectivity index (χ3n) is 2.52. The molecule has 0 aliphatic heterocycles. The second-order valence-corrected chi connectivity index (χ2v) is 4.98. The number of hydrogen-bond acceptors (Lipinski definition) is 2. The highest BCUT2D eigenvalue weighted by Gasteiger charge is 2.07. The molecule has 3 nitrogen and oxygen atoms in total. The number of anilines is 1. The zero-order valence-electron chi connectivity index (χ0n) is 10.9. The van der Waals surface area contributed by atoms with Gasteiger partial charge in [0.1, 0.15) is 0 Å². The highest BCUT2D eigenvalue weighted by atomic mass is 16.1. The van der Waals surface area contributed by atoms with Gasteiger partial charge in [0.25, 0.3) is 0 Å². The molecule has 0 spiro atoms. The van der Waals surface area contributed by atoms with Gasteiger partial charge in [0, 0.05) is 18.7 Å². The number of nitrogens with one attached hydrogen (secondary N) is 1. The van der Waals surface area contributed by atoms with Gasteiger partial charge >= 0.3 is 0 Å². The second kappa shape index (κ2) is 6.40. The van der Waals surface area contributed by atoms with Gasteiger partial charge in [-0.15, -0.1) is 0 Å². The number of carbonyl (C=O) groups is 1. The van der Waals surface area contributed by atoms with Crippen molar-refractivity contribution >= 4 is 11.6 Å². The summed E-state index contributed by atoms with van der Waals surface area (Å²) in [4.78, 5) is 11.0. The maximum absolute atomic E-state index is 11.0. The molecule has 1 atom stereocenters. The molecular weight excluding hydrogens is 212 g/mol. The van der Waals surface area contributed by atoms with E-state index in [-0.39, 0.29) is 11.9 Å². The van der Waals surface area contributed by atoms with E-state index in [2.05, 4.69) is 19.2 Å². The molecule has 0 saturated heterocycles. The molecule has 0 heterocycles. The van der Waals surface area contributed by atoms with Crippen molar-refractivity contribution in [2.75, 3.05) is 5.32 Å². The molecule has 0 aromatic heterocycles. The van der Waals surface area contributed by atoms with Crippen LogP contribution in [-0.4, -0.2) is 11.9 Å². The normalized spacial score (nSPS) is 12.5. The Morgan fingerprint density at radius 3 is 2.71 bits per heavy atom. The lowest BCUT2D eigenvalue weighted by molar-refractivity contribution is -0.114. The van der Waals surface area contributed by atoms with Crippen molar-refractivity contribution in [3.63, 3.8) is 0 Å². The largest absolute Gasteiger partial charge is 0.327 e. The number of amides is 1. The highest BCUT2D eigenvalue weighted by molar-refractivity contribution is 5.88. The first-order valence-electron chi connectivity index (χ1n) is 6.09. The molecule has 0 aliphatic rings. The third kappa shape index (κ3) is 5.50. The van der Waals surface area contributed by atoms with Crippen molar-refractivity contribution in [2.24, 2.45) is 11.7 Å². The van der Waals surface area contributed by atoms with E-state index in [9.17, 15) is 4.79 Å². The van der Waals surface area contributed by atoms with Gasteiger partial charge in [-0.05, 0) is 36.5 Å². The molecule has 17 heavy (non-hydrogen) atoms. The lowest BCUT2D eigenvalue weighted by Crippen LogP contribution is -2.24. The van der Waals surface area contributed by atoms with Crippen LogP contribution in [0.1, 0.15) is 32.8 Å². The lowest BCUT2D eigenvalue weighted by Gasteiger charge is -2.14. The highest BCUT2D eigenvalue weighted by Crippen LogP contribution is 2.14. The predicted molar refractivity (Wildman–Crippen MR) is 71.9 cm³/mol. The third-order valence-corrected chi connectivity index (χ3v) is 2.52. The van der Waals surface area contributed by atoms with E-state index < -0.39 is 0 Å². The van der Waals surface area contributed by atoms with Gasteiger partial charge in [0.15, 0.2) is 0 Å². The van der Waals surface area contributed by atoms with Gasteiger partial charge in [-0.1, -0.05) is 26.0 Å². The minimum atomic E-state index is -0.0476. The summed E-state index contributed by atoms with van der Waals surface area (Å²) in [5.74, 6) is 0.567. The first-order valence-corrected chi connectivity index (χ1v) is 6.09. The molecule has 3 N–H and O–H groups in total. The van der Waals surface area contributed by atoms with E-state index in [1.54, 1.807) is 0 Å². The Morgan fingerprint density at radius 2 is 2.12 bits per heavy atom. The van der Waals surface area contributed by atoms with Crippen LogP contribution in [0.3, 0.4) is 0 Å². The fourth-order valence-electron chi connectivity index (χ4n) is 1.97. The Hall–Kier alpha value is -1.35. The minimum absolute atomic E-state index is 0.0476. The molecule has 1 aromatic carbocycles. The molecule has 0 aliphatic carbocycles. The Bertz CT molecular complexity index is 374. The summed E-state index contributed by atoms with van der Waals surface area (Å²) in [7, 11) is 0. The Morgan fingerprint density at radius 1 is 1.41 bits per heavy atom.